The quantitative estimate of drug-likeness (QED) is 0.148. The molecule has 3 atom stereocenters. The van der Waals surface area contributed by atoms with Crippen molar-refractivity contribution in [1.82, 2.24) is 15.1 Å². The van der Waals surface area contributed by atoms with E-state index in [0.717, 1.165) is 27.3 Å². The lowest BCUT2D eigenvalue weighted by molar-refractivity contribution is -0.136. The van der Waals surface area contributed by atoms with E-state index in [4.69, 9.17) is 16.7 Å². The molecular formula is C33H39ClFN3O3S. The minimum atomic E-state index is -0.986. The van der Waals surface area contributed by atoms with Crippen LogP contribution in [0.5, 0.6) is 0 Å². The van der Waals surface area contributed by atoms with Crippen LogP contribution >= 0.6 is 22.9 Å². The van der Waals surface area contributed by atoms with Crippen molar-refractivity contribution in [2.24, 2.45) is 13.0 Å². The second kappa shape index (κ2) is 16.6. The van der Waals surface area contributed by atoms with Gasteiger partial charge in [0.2, 0.25) is 0 Å². The number of nitrogens with one attached hydrogen (secondary N) is 1. The second-order valence-electron chi connectivity index (χ2n) is 10.0. The van der Waals surface area contributed by atoms with Gasteiger partial charge in [0.25, 0.3) is 5.91 Å². The van der Waals surface area contributed by atoms with Gasteiger partial charge in [0.1, 0.15) is 0 Å². The van der Waals surface area contributed by atoms with Crippen LogP contribution < -0.4 is 5.32 Å². The number of thiophene rings is 1. The number of amides is 1. The number of aryl methyl sites for hydroxylation is 1. The molecule has 0 saturated carbocycles. The van der Waals surface area contributed by atoms with Crippen LogP contribution in [-0.2, 0) is 16.6 Å². The number of hydrogen-bond acceptors (Lipinski definition) is 4. The Kier molecular flexibility index (Phi) is 13.6. The fraction of sp³-hybridized carbons (Fsp3) is 0.303. The van der Waals surface area contributed by atoms with Crippen LogP contribution in [0, 0.1) is 5.92 Å². The lowest BCUT2D eigenvalue weighted by Gasteiger charge is -2.25. The summed E-state index contributed by atoms with van der Waals surface area (Å²) in [6.07, 6.45) is 12.1. The molecule has 224 valence electrons. The van der Waals surface area contributed by atoms with Crippen LogP contribution in [-0.4, -0.2) is 33.3 Å². The van der Waals surface area contributed by atoms with E-state index in [0.29, 0.717) is 10.6 Å². The Balaban J connectivity index is 2.50. The van der Waals surface area contributed by atoms with Crippen molar-refractivity contribution in [3.05, 3.63) is 124 Å². The molecule has 0 bridgehead atoms. The monoisotopic (exact) mass is 611 g/mol. The average Bonchev–Trinajstić information content (AvgIpc) is 3.59. The third-order valence-corrected chi connectivity index (χ3v) is 8.37. The molecule has 0 spiro atoms. The third kappa shape index (κ3) is 9.96. The Morgan fingerprint density at radius 2 is 1.88 bits per heavy atom. The maximum absolute atomic E-state index is 14.1. The van der Waals surface area contributed by atoms with Crippen LogP contribution in [0.1, 0.15) is 61.6 Å². The summed E-state index contributed by atoms with van der Waals surface area (Å²) < 4.78 is 15.9. The lowest BCUT2D eigenvalue weighted by Crippen LogP contribution is -2.26. The number of carbonyl (C=O) groups is 2. The van der Waals surface area contributed by atoms with E-state index in [9.17, 15) is 14.0 Å². The molecule has 2 aromatic rings. The van der Waals surface area contributed by atoms with Crippen molar-refractivity contribution >= 4 is 34.8 Å². The van der Waals surface area contributed by atoms with Gasteiger partial charge in [-0.1, -0.05) is 73.7 Å². The maximum Gasteiger partial charge on any atom is 0.305 e. The molecule has 0 aliphatic carbocycles. The molecule has 42 heavy (non-hydrogen) atoms. The summed E-state index contributed by atoms with van der Waals surface area (Å²) in [5, 5.41) is 18.3. The highest BCUT2D eigenvalue weighted by molar-refractivity contribution is 7.10. The predicted octanol–water partition coefficient (Wildman–Crippen LogP) is 8.11. The molecule has 9 heteroatoms. The summed E-state index contributed by atoms with van der Waals surface area (Å²) in [6.45, 7) is 17.1. The first kappa shape index (κ1) is 34.5. The van der Waals surface area contributed by atoms with Gasteiger partial charge in [-0.15, -0.1) is 11.3 Å². The van der Waals surface area contributed by atoms with E-state index in [1.165, 1.54) is 6.08 Å². The van der Waals surface area contributed by atoms with Crippen LogP contribution in [0.4, 0.5) is 4.39 Å². The van der Waals surface area contributed by atoms with Crippen molar-refractivity contribution < 1.29 is 19.1 Å². The zero-order valence-corrected chi connectivity index (χ0v) is 26.1. The summed E-state index contributed by atoms with van der Waals surface area (Å²) in [6, 6.07) is 4.02. The van der Waals surface area contributed by atoms with Crippen LogP contribution in [0.2, 0.25) is 0 Å². The van der Waals surface area contributed by atoms with Crippen LogP contribution in [0.15, 0.2) is 107 Å². The van der Waals surface area contributed by atoms with E-state index in [2.05, 4.69) is 48.5 Å². The van der Waals surface area contributed by atoms with Crippen LogP contribution in [0.3, 0.4) is 0 Å². The van der Waals surface area contributed by atoms with Crippen molar-refractivity contribution in [2.75, 3.05) is 6.54 Å². The minimum Gasteiger partial charge on any atom is -0.481 e. The standard InChI is InChI=1S/C33H39ClFN3O3S/c1-8-25(33(41)36-16-15-31(39)40)12-10-21(3)24(6)32(22(4)11-13-27(34)9-2)26-19-30(42-20-26)28(18-23(5)35)29-14-17-37-38(29)7/h8-14,17,19-20,24,28,32H,1-2,5,15-16,18H2,3-4,6-7H3,(H,36,41)(H,39,40)/b21-10+,22-11+,25-12+,27-13+. The molecule has 0 aliphatic rings. The van der Waals surface area contributed by atoms with E-state index in [1.807, 2.05) is 39.1 Å². The molecule has 0 radical (unpaired) electrons. The van der Waals surface area contributed by atoms with Gasteiger partial charge in [-0.05, 0) is 55.0 Å². The highest BCUT2D eigenvalue weighted by Gasteiger charge is 2.26. The number of hydrogen-bond donors (Lipinski definition) is 2. The number of rotatable bonds is 16. The first-order chi connectivity index (χ1) is 19.9. The van der Waals surface area contributed by atoms with Gasteiger partial charge >= 0.3 is 5.97 Å². The van der Waals surface area contributed by atoms with Crippen LogP contribution in [0.25, 0.3) is 0 Å². The highest BCUT2D eigenvalue weighted by Crippen LogP contribution is 2.42. The number of aromatic nitrogens is 2. The number of carboxylic acid groups (broad SMARTS) is 1. The Morgan fingerprint density at radius 1 is 1.19 bits per heavy atom. The molecule has 0 aromatic carbocycles. The van der Waals surface area contributed by atoms with E-state index >= 15 is 0 Å². The normalized spacial score (nSPS) is 15.1. The number of allylic oxidation sites excluding steroid dienone is 9. The molecule has 2 heterocycles. The molecule has 0 fully saturated rings. The molecule has 0 aliphatic heterocycles. The average molecular weight is 612 g/mol. The zero-order chi connectivity index (χ0) is 31.4. The van der Waals surface area contributed by atoms with Gasteiger partial charge < -0.3 is 10.4 Å². The van der Waals surface area contributed by atoms with Gasteiger partial charge in [-0.2, -0.15) is 5.10 Å². The second-order valence-corrected chi connectivity index (χ2v) is 11.4. The Bertz CT molecular complexity index is 1430. The highest BCUT2D eigenvalue weighted by atomic mass is 35.5. The van der Waals surface area contributed by atoms with Gasteiger partial charge in [-0.25, -0.2) is 4.39 Å². The molecule has 0 saturated heterocycles. The van der Waals surface area contributed by atoms with Gasteiger partial charge in [-0.3, -0.25) is 14.3 Å². The Morgan fingerprint density at radius 3 is 2.45 bits per heavy atom. The molecular weight excluding hydrogens is 573 g/mol. The summed E-state index contributed by atoms with van der Waals surface area (Å²) in [5.41, 5.74) is 4.38. The van der Waals surface area contributed by atoms with Crippen molar-refractivity contribution in [3.63, 3.8) is 0 Å². The first-order valence-electron chi connectivity index (χ1n) is 13.5. The fourth-order valence-corrected chi connectivity index (χ4v) is 5.72. The Hall–Kier alpha value is -3.75. The molecule has 2 N–H and O–H groups in total. The molecule has 3 unspecified atom stereocenters. The van der Waals surface area contributed by atoms with Gasteiger partial charge in [0, 0.05) is 59.2 Å². The Labute approximate surface area is 257 Å². The van der Waals surface area contributed by atoms with Crippen molar-refractivity contribution in [3.8, 4) is 0 Å². The van der Waals surface area contributed by atoms with E-state index in [1.54, 1.807) is 40.4 Å². The fourth-order valence-electron chi connectivity index (χ4n) is 4.60. The maximum atomic E-state index is 14.1. The lowest BCUT2D eigenvalue weighted by atomic mass is 9.78. The van der Waals surface area contributed by atoms with E-state index < -0.39 is 17.7 Å². The molecule has 1 amide bonds. The smallest absolute Gasteiger partial charge is 0.305 e. The topological polar surface area (TPSA) is 84.2 Å². The number of nitrogens with zero attached hydrogens (tertiary/aromatic N) is 2. The predicted molar refractivity (Wildman–Crippen MR) is 171 cm³/mol. The number of carbonyl (C=O) groups excluding carboxylic acids is 1. The molecule has 2 aromatic heterocycles. The minimum absolute atomic E-state index is 0.00304. The first-order valence-corrected chi connectivity index (χ1v) is 14.7. The van der Waals surface area contributed by atoms with Gasteiger partial charge in [0.15, 0.2) is 0 Å². The number of aliphatic carboxylic acids is 1. The summed E-state index contributed by atoms with van der Waals surface area (Å²) in [4.78, 5) is 24.3. The SMILES string of the molecule is C=C/C(Cl)=C\C=C(/C)C(c1csc(C(CC(=C)F)c2ccnn2C)c1)C(C)/C(C)=C/C=C(\C=C)C(=O)NCCC(=O)O. The zero-order valence-electron chi connectivity index (χ0n) is 24.6. The summed E-state index contributed by atoms with van der Waals surface area (Å²) in [7, 11) is 1.84. The molecule has 2 rings (SSSR count). The molecule has 6 nitrogen and oxygen atoms in total. The number of carboxylic acids is 1. The van der Waals surface area contributed by atoms with Crippen molar-refractivity contribution in [1.29, 1.82) is 0 Å². The summed E-state index contributed by atoms with van der Waals surface area (Å²) >= 11 is 7.77. The third-order valence-electron chi connectivity index (χ3n) is 7.03. The largest absolute Gasteiger partial charge is 0.481 e. The van der Waals surface area contributed by atoms with Gasteiger partial charge in [0.05, 0.1) is 12.2 Å². The van der Waals surface area contributed by atoms with Crippen molar-refractivity contribution in [2.45, 2.75) is 45.4 Å². The van der Waals surface area contributed by atoms with E-state index in [-0.39, 0.29) is 37.1 Å². The number of halogens is 2. The summed E-state index contributed by atoms with van der Waals surface area (Å²) in [5.74, 6) is -2.04.